The molecule has 4 aromatic heterocycles. The van der Waals surface area contributed by atoms with Gasteiger partial charge in [-0.25, -0.2) is 0 Å². The van der Waals surface area contributed by atoms with Gasteiger partial charge in [-0.3, -0.25) is 9.59 Å². The number of amides is 2. The molecule has 6 rings (SSSR count). The molecule has 2 aliphatic heterocycles. The van der Waals surface area contributed by atoms with Crippen molar-refractivity contribution in [2.24, 2.45) is 0 Å². The Labute approximate surface area is 225 Å². The number of nitrogens with zero attached hydrogens (tertiary/aromatic N) is 2. The topological polar surface area (TPSA) is 40.6 Å². The summed E-state index contributed by atoms with van der Waals surface area (Å²) >= 11 is 6.54. The zero-order chi connectivity index (χ0) is 25.1. The van der Waals surface area contributed by atoms with E-state index in [4.69, 9.17) is 0 Å². The molecule has 8 heteroatoms. The van der Waals surface area contributed by atoms with Crippen molar-refractivity contribution in [3.05, 3.63) is 88.9 Å². The van der Waals surface area contributed by atoms with Crippen LogP contribution in [0.5, 0.6) is 0 Å². The van der Waals surface area contributed by atoms with Gasteiger partial charge < -0.3 is 9.80 Å². The van der Waals surface area contributed by atoms with Crippen molar-refractivity contribution in [2.45, 2.75) is 13.8 Å². The molecule has 2 amide bonds. The van der Waals surface area contributed by atoms with E-state index in [-0.39, 0.29) is 11.8 Å². The first-order chi connectivity index (χ1) is 17.3. The fourth-order valence-corrected chi connectivity index (χ4v) is 8.14. The lowest BCUT2D eigenvalue weighted by Gasteiger charge is -2.18. The van der Waals surface area contributed by atoms with E-state index in [1.54, 1.807) is 69.2 Å². The molecule has 0 atom stereocenters. The summed E-state index contributed by atoms with van der Waals surface area (Å²) in [6, 6.07) is 16.3. The average molecular weight is 545 g/mol. The first-order valence-electron chi connectivity index (χ1n) is 11.2. The minimum Gasteiger partial charge on any atom is -0.309 e. The molecule has 0 fully saturated rings. The Hall–Kier alpha value is -3.22. The lowest BCUT2D eigenvalue weighted by atomic mass is 10.1. The molecule has 0 N–H and O–H groups in total. The largest absolute Gasteiger partial charge is 0.309 e. The number of hydrogen-bond donors (Lipinski definition) is 0. The predicted octanol–water partition coefficient (Wildman–Crippen LogP) is 6.68. The van der Waals surface area contributed by atoms with E-state index in [0.29, 0.717) is 22.5 Å². The zero-order valence-electron chi connectivity index (χ0n) is 20.0. The van der Waals surface area contributed by atoms with Gasteiger partial charge in [-0.05, 0) is 74.2 Å². The smallest absolute Gasteiger partial charge is 0.261 e. The standard InChI is InChI=1S/C28H20N2O2S4/c1-15-5-7-17(33-15)8-9-18-10-12-19(35-18)20-13-14-22(36-20)26-24-23(27(31)30(26)4)25(29(3)28(24)32)21-11-6-16(2)34-21/h5-7,10-14H,1-4H3. The third-order valence-electron chi connectivity index (χ3n) is 6.14. The van der Waals surface area contributed by atoms with Crippen molar-refractivity contribution in [3.63, 3.8) is 0 Å². The van der Waals surface area contributed by atoms with E-state index in [1.807, 2.05) is 31.2 Å². The highest BCUT2D eigenvalue weighted by atomic mass is 32.1. The molecule has 0 radical (unpaired) electrons. The molecular weight excluding hydrogens is 525 g/mol. The van der Waals surface area contributed by atoms with Gasteiger partial charge in [0.2, 0.25) is 0 Å². The van der Waals surface area contributed by atoms with Crippen LogP contribution in [0.4, 0.5) is 0 Å². The summed E-state index contributed by atoms with van der Waals surface area (Å²) in [4.78, 5) is 38.5. The van der Waals surface area contributed by atoms with Crippen LogP contribution < -0.4 is 0 Å². The molecular formula is C28H20N2O2S4. The van der Waals surface area contributed by atoms with Crippen LogP contribution in [0.2, 0.25) is 0 Å². The number of rotatable bonds is 3. The monoisotopic (exact) mass is 544 g/mol. The van der Waals surface area contributed by atoms with Gasteiger partial charge >= 0.3 is 0 Å². The maximum Gasteiger partial charge on any atom is 0.261 e. The van der Waals surface area contributed by atoms with E-state index >= 15 is 0 Å². The maximum absolute atomic E-state index is 13.4. The number of hydrogen-bond acceptors (Lipinski definition) is 6. The van der Waals surface area contributed by atoms with E-state index in [0.717, 1.165) is 34.1 Å². The zero-order valence-corrected chi connectivity index (χ0v) is 23.2. The molecule has 178 valence electrons. The van der Waals surface area contributed by atoms with Crippen LogP contribution in [0.3, 0.4) is 0 Å². The predicted molar refractivity (Wildman–Crippen MR) is 151 cm³/mol. The highest BCUT2D eigenvalue weighted by Gasteiger charge is 2.47. The van der Waals surface area contributed by atoms with Crippen molar-refractivity contribution in [3.8, 4) is 21.6 Å². The summed E-state index contributed by atoms with van der Waals surface area (Å²) in [5, 5.41) is 0. The van der Waals surface area contributed by atoms with Crippen LogP contribution in [-0.4, -0.2) is 35.7 Å². The third kappa shape index (κ3) is 3.71. The quantitative estimate of drug-likeness (QED) is 0.270. The van der Waals surface area contributed by atoms with Gasteiger partial charge in [-0.15, -0.1) is 45.3 Å². The molecule has 0 spiro atoms. The number of carbonyl (C=O) groups is 2. The summed E-state index contributed by atoms with van der Waals surface area (Å²) in [5.41, 5.74) is 2.41. The Morgan fingerprint density at radius 2 is 1.00 bits per heavy atom. The van der Waals surface area contributed by atoms with Gasteiger partial charge in [0.05, 0.1) is 42.0 Å². The Morgan fingerprint density at radius 1 is 0.556 bits per heavy atom. The molecule has 36 heavy (non-hydrogen) atoms. The maximum atomic E-state index is 13.4. The summed E-state index contributed by atoms with van der Waals surface area (Å²) in [5.74, 6) is 6.25. The van der Waals surface area contributed by atoms with Crippen LogP contribution in [-0.2, 0) is 9.59 Å². The summed E-state index contributed by atoms with van der Waals surface area (Å²) in [6.07, 6.45) is 0. The second-order valence-corrected chi connectivity index (χ2v) is 13.3. The Morgan fingerprint density at radius 3 is 1.58 bits per heavy atom. The average Bonchev–Trinajstić information content (AvgIpc) is 3.68. The third-order valence-corrected chi connectivity index (χ3v) is 10.4. The number of carbonyl (C=O) groups excluding carboxylic acids is 2. The SMILES string of the molecule is Cc1ccc(C#Cc2ccc(-c3ccc(C4=C5C(=O)N(C)C(c6ccc(C)s6)=C5C(=O)N4C)s3)s2)s1. The molecule has 0 aromatic carbocycles. The second kappa shape index (κ2) is 8.71. The van der Waals surface area contributed by atoms with Gasteiger partial charge in [-0.2, -0.15) is 0 Å². The molecule has 4 nitrogen and oxygen atoms in total. The van der Waals surface area contributed by atoms with Gasteiger partial charge in [0.15, 0.2) is 0 Å². The number of likely N-dealkylation sites (N-methyl/N-ethyl adjacent to an activating group) is 2. The van der Waals surface area contributed by atoms with Gasteiger partial charge in [0.1, 0.15) is 0 Å². The fraction of sp³-hybridized carbons (Fsp3) is 0.143. The summed E-state index contributed by atoms with van der Waals surface area (Å²) in [7, 11) is 3.51. The van der Waals surface area contributed by atoms with Gasteiger partial charge in [0.25, 0.3) is 11.8 Å². The van der Waals surface area contributed by atoms with Crippen LogP contribution >= 0.6 is 45.3 Å². The van der Waals surface area contributed by atoms with Crippen molar-refractivity contribution in [1.82, 2.24) is 9.80 Å². The Bertz CT molecular complexity index is 1700. The number of thiophene rings is 4. The fourth-order valence-electron chi connectivity index (χ4n) is 4.43. The lowest BCUT2D eigenvalue weighted by molar-refractivity contribution is -0.123. The van der Waals surface area contributed by atoms with Crippen molar-refractivity contribution < 1.29 is 9.59 Å². The lowest BCUT2D eigenvalue weighted by Crippen LogP contribution is -2.24. The summed E-state index contributed by atoms with van der Waals surface area (Å²) in [6.45, 7) is 4.11. The van der Waals surface area contributed by atoms with Gasteiger partial charge in [0, 0.05) is 33.6 Å². The number of aryl methyl sites for hydroxylation is 2. The number of fused-ring (bicyclic) bond motifs is 1. The highest BCUT2D eigenvalue weighted by Crippen LogP contribution is 2.48. The normalized spacial score (nSPS) is 15.3. The molecule has 0 unspecified atom stereocenters. The van der Waals surface area contributed by atoms with Crippen LogP contribution in [0, 0.1) is 25.7 Å². The minimum absolute atomic E-state index is 0.133. The van der Waals surface area contributed by atoms with Crippen molar-refractivity contribution in [1.29, 1.82) is 0 Å². The second-order valence-electron chi connectivity index (χ2n) is 8.57. The van der Waals surface area contributed by atoms with E-state index < -0.39 is 0 Å². The highest BCUT2D eigenvalue weighted by molar-refractivity contribution is 7.23. The Balaban J connectivity index is 1.37. The van der Waals surface area contributed by atoms with E-state index in [2.05, 4.69) is 43.0 Å². The van der Waals surface area contributed by atoms with Gasteiger partial charge in [-0.1, -0.05) is 0 Å². The molecule has 2 aliphatic rings. The Kier molecular flexibility index (Phi) is 5.61. The van der Waals surface area contributed by atoms with E-state index in [9.17, 15) is 9.59 Å². The van der Waals surface area contributed by atoms with Crippen LogP contribution in [0.1, 0.15) is 29.3 Å². The van der Waals surface area contributed by atoms with Crippen molar-refractivity contribution >= 4 is 68.6 Å². The summed E-state index contributed by atoms with van der Waals surface area (Å²) < 4.78 is 0. The molecule has 6 heterocycles. The molecule has 0 bridgehead atoms. The molecule has 0 aliphatic carbocycles. The molecule has 0 saturated heterocycles. The first-order valence-corrected chi connectivity index (χ1v) is 14.5. The first kappa shape index (κ1) is 23.2. The van der Waals surface area contributed by atoms with Crippen molar-refractivity contribution in [2.75, 3.05) is 14.1 Å². The minimum atomic E-state index is -0.133. The van der Waals surface area contributed by atoms with Crippen LogP contribution in [0.25, 0.3) is 21.1 Å². The van der Waals surface area contributed by atoms with E-state index in [1.165, 1.54) is 4.88 Å². The molecule has 4 aromatic rings. The van der Waals surface area contributed by atoms with Crippen LogP contribution in [0.15, 0.2) is 59.7 Å². The molecule has 0 saturated carbocycles.